The van der Waals surface area contributed by atoms with E-state index in [9.17, 15) is 9.59 Å². The molecule has 2 heterocycles. The van der Waals surface area contributed by atoms with Crippen molar-refractivity contribution in [3.8, 4) is 11.3 Å². The Kier molecular flexibility index (Phi) is 5.54. The highest BCUT2D eigenvalue weighted by Crippen LogP contribution is 2.27. The Labute approximate surface area is 163 Å². The lowest BCUT2D eigenvalue weighted by atomic mass is 10.1. The minimum atomic E-state index is -1.11. The number of hydrazone groups is 1. The summed E-state index contributed by atoms with van der Waals surface area (Å²) in [5.41, 5.74) is 3.14. The van der Waals surface area contributed by atoms with E-state index >= 15 is 0 Å². The van der Waals surface area contributed by atoms with Gasteiger partial charge in [-0.3, -0.25) is 4.79 Å². The molecule has 136 valence electrons. The number of aromatic carboxylic acids is 1. The van der Waals surface area contributed by atoms with Crippen LogP contribution in [0.5, 0.6) is 0 Å². The van der Waals surface area contributed by atoms with Gasteiger partial charge in [0.05, 0.1) is 22.4 Å². The van der Waals surface area contributed by atoms with Crippen molar-refractivity contribution in [2.24, 2.45) is 5.10 Å². The number of carbonyl (C=O) groups is 2. The van der Waals surface area contributed by atoms with Gasteiger partial charge >= 0.3 is 5.97 Å². The van der Waals surface area contributed by atoms with Crippen LogP contribution in [0.1, 0.15) is 26.5 Å². The van der Waals surface area contributed by atoms with E-state index in [0.29, 0.717) is 17.1 Å². The van der Waals surface area contributed by atoms with Crippen LogP contribution in [-0.4, -0.2) is 28.2 Å². The molecule has 0 unspecified atom stereocenters. The number of nitrogens with zero attached hydrogens (tertiary/aromatic N) is 2. The lowest BCUT2D eigenvalue weighted by molar-refractivity contribution is 0.0696. The third kappa shape index (κ3) is 4.33. The number of benzene rings is 1. The zero-order chi connectivity index (χ0) is 19.4. The SMILES string of the molecule is O=C(O)c1ccc(-c2ccc(C=NNC(=O)c3cccnc3Cl)o2)cc1Cl. The van der Waals surface area contributed by atoms with Crippen molar-refractivity contribution in [2.75, 3.05) is 0 Å². The van der Waals surface area contributed by atoms with E-state index in [1.54, 1.807) is 24.3 Å². The van der Waals surface area contributed by atoms with Crippen LogP contribution in [0.3, 0.4) is 0 Å². The van der Waals surface area contributed by atoms with Crippen LogP contribution < -0.4 is 5.43 Å². The number of hydrogen-bond donors (Lipinski definition) is 2. The van der Waals surface area contributed by atoms with Gasteiger partial charge < -0.3 is 9.52 Å². The van der Waals surface area contributed by atoms with Crippen molar-refractivity contribution in [1.29, 1.82) is 0 Å². The Bertz CT molecular complexity index is 1050. The van der Waals surface area contributed by atoms with Crippen LogP contribution in [0, 0.1) is 0 Å². The van der Waals surface area contributed by atoms with E-state index in [1.807, 2.05) is 0 Å². The predicted octanol–water partition coefficient (Wildman–Crippen LogP) is 4.11. The van der Waals surface area contributed by atoms with Crippen LogP contribution in [0.15, 0.2) is 58.2 Å². The van der Waals surface area contributed by atoms with Gasteiger partial charge in [-0.25, -0.2) is 15.2 Å². The second-order valence-corrected chi connectivity index (χ2v) is 6.01. The normalized spacial score (nSPS) is 10.9. The van der Waals surface area contributed by atoms with Gasteiger partial charge in [0.15, 0.2) is 0 Å². The molecule has 9 heteroatoms. The second kappa shape index (κ2) is 8.03. The zero-order valence-corrected chi connectivity index (χ0v) is 15.0. The summed E-state index contributed by atoms with van der Waals surface area (Å²) in [4.78, 5) is 26.8. The van der Waals surface area contributed by atoms with Crippen LogP contribution in [0.25, 0.3) is 11.3 Å². The molecular formula is C18H11Cl2N3O4. The Hall–Kier alpha value is -3.16. The first-order valence-corrected chi connectivity index (χ1v) is 8.28. The summed E-state index contributed by atoms with van der Waals surface area (Å²) in [7, 11) is 0. The number of aromatic nitrogens is 1. The minimum Gasteiger partial charge on any atom is -0.478 e. The van der Waals surface area contributed by atoms with Gasteiger partial charge in [-0.1, -0.05) is 29.3 Å². The van der Waals surface area contributed by atoms with Crippen molar-refractivity contribution >= 4 is 41.3 Å². The van der Waals surface area contributed by atoms with Crippen molar-refractivity contribution in [3.05, 3.63) is 75.7 Å². The molecule has 0 aliphatic heterocycles. The number of carboxylic acid groups (broad SMARTS) is 1. The number of amides is 1. The standard InChI is InChI=1S/C18H11Cl2N3O4/c19-14-8-10(3-5-12(14)18(25)26)15-6-4-11(27-15)9-22-23-17(24)13-2-1-7-21-16(13)20/h1-9H,(H,23,24)(H,25,26). The molecule has 7 nitrogen and oxygen atoms in total. The number of rotatable bonds is 5. The molecule has 1 aromatic carbocycles. The summed E-state index contributed by atoms with van der Waals surface area (Å²) < 4.78 is 5.59. The fourth-order valence-corrected chi connectivity index (χ4v) is 2.66. The van der Waals surface area contributed by atoms with Gasteiger partial charge in [-0.2, -0.15) is 5.10 Å². The summed E-state index contributed by atoms with van der Waals surface area (Å²) in [5.74, 6) is -0.770. The number of carboxylic acids is 1. The molecule has 2 aromatic heterocycles. The highest BCUT2D eigenvalue weighted by Gasteiger charge is 2.12. The third-order valence-corrected chi connectivity index (χ3v) is 4.09. The average molecular weight is 404 g/mol. The maximum absolute atomic E-state index is 12.0. The second-order valence-electron chi connectivity index (χ2n) is 5.24. The summed E-state index contributed by atoms with van der Waals surface area (Å²) >= 11 is 11.8. The van der Waals surface area contributed by atoms with Gasteiger partial charge in [-0.05, 0) is 36.4 Å². The van der Waals surface area contributed by atoms with Gasteiger partial charge in [0.1, 0.15) is 16.7 Å². The molecule has 0 atom stereocenters. The fourth-order valence-electron chi connectivity index (χ4n) is 2.19. The smallest absolute Gasteiger partial charge is 0.337 e. The Morgan fingerprint density at radius 2 is 1.96 bits per heavy atom. The highest BCUT2D eigenvalue weighted by molar-refractivity contribution is 6.33. The molecular weight excluding hydrogens is 393 g/mol. The van der Waals surface area contributed by atoms with Gasteiger partial charge in [0.25, 0.3) is 5.91 Å². The Balaban J connectivity index is 1.70. The van der Waals surface area contributed by atoms with E-state index in [4.69, 9.17) is 32.7 Å². The van der Waals surface area contributed by atoms with E-state index in [0.717, 1.165) is 0 Å². The monoisotopic (exact) mass is 403 g/mol. The summed E-state index contributed by atoms with van der Waals surface area (Å²) in [5, 5.41) is 13.0. The molecule has 0 radical (unpaired) electrons. The van der Waals surface area contributed by atoms with Crippen LogP contribution >= 0.6 is 23.2 Å². The van der Waals surface area contributed by atoms with Crippen molar-refractivity contribution in [1.82, 2.24) is 10.4 Å². The number of nitrogens with one attached hydrogen (secondary N) is 1. The predicted molar refractivity (Wildman–Crippen MR) is 100 cm³/mol. The molecule has 3 rings (SSSR count). The number of carbonyl (C=O) groups excluding carboxylic acids is 1. The van der Waals surface area contributed by atoms with Crippen molar-refractivity contribution in [2.45, 2.75) is 0 Å². The lowest BCUT2D eigenvalue weighted by Crippen LogP contribution is -2.18. The van der Waals surface area contributed by atoms with E-state index in [1.165, 1.54) is 30.6 Å². The van der Waals surface area contributed by atoms with Crippen molar-refractivity contribution in [3.63, 3.8) is 0 Å². The highest BCUT2D eigenvalue weighted by atomic mass is 35.5. The fraction of sp³-hybridized carbons (Fsp3) is 0. The summed E-state index contributed by atoms with van der Waals surface area (Å²) in [6, 6.07) is 10.9. The van der Waals surface area contributed by atoms with Crippen LogP contribution in [0.2, 0.25) is 10.2 Å². The first kappa shape index (κ1) is 18.6. The topological polar surface area (TPSA) is 105 Å². The molecule has 3 aromatic rings. The molecule has 0 bridgehead atoms. The molecule has 27 heavy (non-hydrogen) atoms. The average Bonchev–Trinajstić information content (AvgIpc) is 3.10. The van der Waals surface area contributed by atoms with Gasteiger partial charge in [0.2, 0.25) is 0 Å². The maximum atomic E-state index is 12.0. The number of pyridine rings is 1. The molecule has 0 aliphatic rings. The third-order valence-electron chi connectivity index (χ3n) is 3.47. The molecule has 0 aliphatic carbocycles. The first-order valence-electron chi connectivity index (χ1n) is 7.52. The molecule has 1 amide bonds. The molecule has 0 spiro atoms. The minimum absolute atomic E-state index is 0.00512. The summed E-state index contributed by atoms with van der Waals surface area (Å²) in [6.45, 7) is 0. The maximum Gasteiger partial charge on any atom is 0.337 e. The Morgan fingerprint density at radius 1 is 1.15 bits per heavy atom. The lowest BCUT2D eigenvalue weighted by Gasteiger charge is -2.01. The molecule has 2 N–H and O–H groups in total. The zero-order valence-electron chi connectivity index (χ0n) is 13.5. The number of furan rings is 1. The quantitative estimate of drug-likeness (QED) is 0.378. The molecule has 0 saturated carbocycles. The van der Waals surface area contributed by atoms with Crippen molar-refractivity contribution < 1.29 is 19.1 Å². The van der Waals surface area contributed by atoms with E-state index < -0.39 is 11.9 Å². The summed E-state index contributed by atoms with van der Waals surface area (Å²) in [6.07, 6.45) is 2.79. The van der Waals surface area contributed by atoms with Gasteiger partial charge in [-0.15, -0.1) is 0 Å². The largest absolute Gasteiger partial charge is 0.478 e. The van der Waals surface area contributed by atoms with E-state index in [-0.39, 0.29) is 21.3 Å². The molecule has 0 fully saturated rings. The molecule has 0 saturated heterocycles. The number of halogens is 2. The van der Waals surface area contributed by atoms with Gasteiger partial charge in [0, 0.05) is 11.8 Å². The van der Waals surface area contributed by atoms with Crippen LogP contribution in [-0.2, 0) is 0 Å². The van der Waals surface area contributed by atoms with E-state index in [2.05, 4.69) is 15.5 Å². The number of hydrogen-bond acceptors (Lipinski definition) is 5. The Morgan fingerprint density at radius 3 is 2.67 bits per heavy atom. The van der Waals surface area contributed by atoms with Crippen LogP contribution in [0.4, 0.5) is 0 Å². The first-order chi connectivity index (χ1) is 13.0.